The third-order valence-corrected chi connectivity index (χ3v) is 5.09. The molecule has 1 heterocycles. The van der Waals surface area contributed by atoms with Crippen LogP contribution in [-0.2, 0) is 0 Å². The third-order valence-electron chi connectivity index (χ3n) is 4.24. The Morgan fingerprint density at radius 1 is 1.24 bits per heavy atom. The first-order valence-corrected chi connectivity index (χ1v) is 10.2. The zero-order valence-corrected chi connectivity index (χ0v) is 17.3. The second kappa shape index (κ2) is 9.88. The van der Waals surface area contributed by atoms with E-state index < -0.39 is 0 Å². The SMILES string of the molecule is CCCCCOc1ccc(/C=N\NC(=O)c2ccc3nc(N)sc3c2)cc1OC. The number of methoxy groups -OCH3 is 1. The van der Waals surface area contributed by atoms with E-state index in [9.17, 15) is 4.79 Å². The summed E-state index contributed by atoms with van der Waals surface area (Å²) in [7, 11) is 1.60. The molecule has 0 radical (unpaired) electrons. The molecule has 152 valence electrons. The smallest absolute Gasteiger partial charge is 0.271 e. The van der Waals surface area contributed by atoms with E-state index in [4.69, 9.17) is 15.2 Å². The molecule has 0 aliphatic rings. The lowest BCUT2D eigenvalue weighted by molar-refractivity contribution is 0.0955. The van der Waals surface area contributed by atoms with Crippen molar-refractivity contribution >= 4 is 38.8 Å². The molecule has 1 amide bonds. The van der Waals surface area contributed by atoms with E-state index in [0.717, 1.165) is 35.0 Å². The van der Waals surface area contributed by atoms with E-state index in [1.165, 1.54) is 11.3 Å². The van der Waals surface area contributed by atoms with Crippen LogP contribution in [0.4, 0.5) is 5.13 Å². The quantitative estimate of drug-likeness (QED) is 0.311. The van der Waals surface area contributed by atoms with Crippen molar-refractivity contribution in [3.05, 3.63) is 47.5 Å². The molecule has 3 N–H and O–H groups in total. The molecule has 0 spiro atoms. The number of nitrogens with two attached hydrogens (primary N) is 1. The number of aromatic nitrogens is 1. The van der Waals surface area contributed by atoms with E-state index in [2.05, 4.69) is 22.4 Å². The molecule has 0 saturated heterocycles. The number of fused-ring (bicyclic) bond motifs is 1. The fourth-order valence-corrected chi connectivity index (χ4v) is 3.51. The number of hydrogen-bond donors (Lipinski definition) is 2. The second-order valence-electron chi connectivity index (χ2n) is 6.40. The number of nitrogen functional groups attached to an aromatic ring is 1. The number of amides is 1. The number of nitrogens with one attached hydrogen (secondary N) is 1. The van der Waals surface area contributed by atoms with Gasteiger partial charge in [-0.1, -0.05) is 31.1 Å². The largest absolute Gasteiger partial charge is 0.493 e. The van der Waals surface area contributed by atoms with Gasteiger partial charge in [-0.05, 0) is 48.4 Å². The lowest BCUT2D eigenvalue weighted by Gasteiger charge is -2.11. The van der Waals surface area contributed by atoms with Crippen LogP contribution in [-0.4, -0.2) is 30.8 Å². The standard InChI is InChI=1S/C21H24N4O3S/c1-3-4-5-10-28-17-9-6-14(11-18(17)27-2)13-23-25-20(26)15-7-8-16-19(12-15)29-21(22)24-16/h6-9,11-13H,3-5,10H2,1-2H3,(H2,22,24)(H,25,26)/b23-13-. The third kappa shape index (κ3) is 5.45. The van der Waals surface area contributed by atoms with Gasteiger partial charge in [-0.3, -0.25) is 4.79 Å². The highest BCUT2D eigenvalue weighted by Gasteiger charge is 2.08. The van der Waals surface area contributed by atoms with Crippen LogP contribution in [0, 0.1) is 0 Å². The molecule has 3 aromatic rings. The second-order valence-corrected chi connectivity index (χ2v) is 7.46. The number of carbonyl (C=O) groups excluding carboxylic acids is 1. The highest BCUT2D eigenvalue weighted by atomic mass is 32.1. The van der Waals surface area contributed by atoms with Crippen LogP contribution < -0.4 is 20.6 Å². The van der Waals surface area contributed by atoms with E-state index in [0.29, 0.717) is 28.8 Å². The minimum absolute atomic E-state index is 0.307. The van der Waals surface area contributed by atoms with Gasteiger partial charge in [0, 0.05) is 5.56 Å². The number of rotatable bonds is 9. The summed E-state index contributed by atoms with van der Waals surface area (Å²) < 4.78 is 12.0. The molecule has 7 nitrogen and oxygen atoms in total. The van der Waals surface area contributed by atoms with Crippen molar-refractivity contribution in [3.63, 3.8) is 0 Å². The summed E-state index contributed by atoms with van der Waals surface area (Å²) in [5.41, 5.74) is 10.3. The molecule has 0 fully saturated rings. The molecule has 0 saturated carbocycles. The average Bonchev–Trinajstić information content (AvgIpc) is 3.10. The molecule has 2 aromatic carbocycles. The van der Waals surface area contributed by atoms with Crippen molar-refractivity contribution in [3.8, 4) is 11.5 Å². The molecule has 8 heteroatoms. The van der Waals surface area contributed by atoms with Gasteiger partial charge in [-0.2, -0.15) is 5.10 Å². The van der Waals surface area contributed by atoms with Gasteiger partial charge < -0.3 is 15.2 Å². The van der Waals surface area contributed by atoms with Gasteiger partial charge in [0.25, 0.3) is 5.91 Å². The molecule has 29 heavy (non-hydrogen) atoms. The number of carbonyl (C=O) groups is 1. The normalized spacial score (nSPS) is 11.1. The molecule has 3 rings (SSSR count). The molecule has 0 aliphatic heterocycles. The highest BCUT2D eigenvalue weighted by Crippen LogP contribution is 2.28. The monoisotopic (exact) mass is 412 g/mol. The molecular formula is C21H24N4O3S. The van der Waals surface area contributed by atoms with Crippen molar-refractivity contribution in [2.24, 2.45) is 5.10 Å². The fraction of sp³-hybridized carbons (Fsp3) is 0.286. The lowest BCUT2D eigenvalue weighted by atomic mass is 10.2. The van der Waals surface area contributed by atoms with Gasteiger partial charge in [0.15, 0.2) is 16.6 Å². The molecule has 0 bridgehead atoms. The van der Waals surface area contributed by atoms with E-state index in [1.807, 2.05) is 18.2 Å². The Hall–Kier alpha value is -3.13. The highest BCUT2D eigenvalue weighted by molar-refractivity contribution is 7.22. The van der Waals surface area contributed by atoms with Crippen LogP contribution in [0.3, 0.4) is 0 Å². The number of anilines is 1. The van der Waals surface area contributed by atoms with Crippen LogP contribution in [0.25, 0.3) is 10.2 Å². The molecule has 0 atom stereocenters. The molecule has 1 aromatic heterocycles. The zero-order chi connectivity index (χ0) is 20.6. The Balaban J connectivity index is 1.61. The average molecular weight is 413 g/mol. The van der Waals surface area contributed by atoms with Crippen molar-refractivity contribution in [2.75, 3.05) is 19.5 Å². The molecule has 0 aliphatic carbocycles. The Kier molecular flexibility index (Phi) is 7.02. The van der Waals surface area contributed by atoms with Crippen LogP contribution in [0.2, 0.25) is 0 Å². The van der Waals surface area contributed by atoms with Crippen LogP contribution in [0.1, 0.15) is 42.1 Å². The molecule has 0 unspecified atom stereocenters. The van der Waals surface area contributed by atoms with Gasteiger partial charge in [0.1, 0.15) is 0 Å². The summed E-state index contributed by atoms with van der Waals surface area (Å²) in [6.07, 6.45) is 4.85. The summed E-state index contributed by atoms with van der Waals surface area (Å²) in [6, 6.07) is 10.7. The summed E-state index contributed by atoms with van der Waals surface area (Å²) >= 11 is 1.34. The summed E-state index contributed by atoms with van der Waals surface area (Å²) in [4.78, 5) is 16.5. The minimum Gasteiger partial charge on any atom is -0.493 e. The number of hydrazone groups is 1. The van der Waals surface area contributed by atoms with Crippen LogP contribution in [0.15, 0.2) is 41.5 Å². The van der Waals surface area contributed by atoms with Crippen molar-refractivity contribution in [1.82, 2.24) is 10.4 Å². The fourth-order valence-electron chi connectivity index (χ4n) is 2.73. The summed E-state index contributed by atoms with van der Waals surface area (Å²) in [5.74, 6) is 1.02. The summed E-state index contributed by atoms with van der Waals surface area (Å²) in [5, 5.41) is 4.51. The zero-order valence-electron chi connectivity index (χ0n) is 16.5. The Labute approximate surface area is 173 Å². The number of hydrogen-bond acceptors (Lipinski definition) is 7. The first-order chi connectivity index (χ1) is 14.1. The van der Waals surface area contributed by atoms with Gasteiger partial charge >= 0.3 is 0 Å². The maximum Gasteiger partial charge on any atom is 0.271 e. The van der Waals surface area contributed by atoms with Gasteiger partial charge in [0.05, 0.1) is 30.1 Å². The van der Waals surface area contributed by atoms with E-state index in [-0.39, 0.29) is 5.91 Å². The number of thiazole rings is 1. The first-order valence-electron chi connectivity index (χ1n) is 9.41. The number of nitrogens with zero attached hydrogens (tertiary/aromatic N) is 2. The predicted molar refractivity (Wildman–Crippen MR) is 117 cm³/mol. The topological polar surface area (TPSA) is 98.8 Å². The van der Waals surface area contributed by atoms with Gasteiger partial charge in [-0.15, -0.1) is 0 Å². The van der Waals surface area contributed by atoms with Crippen LogP contribution >= 0.6 is 11.3 Å². The number of ether oxygens (including phenoxy) is 2. The van der Waals surface area contributed by atoms with E-state index >= 15 is 0 Å². The van der Waals surface area contributed by atoms with E-state index in [1.54, 1.807) is 31.5 Å². The number of unbranched alkanes of at least 4 members (excludes halogenated alkanes) is 2. The summed E-state index contributed by atoms with van der Waals surface area (Å²) in [6.45, 7) is 2.81. The Morgan fingerprint density at radius 2 is 2.10 bits per heavy atom. The maximum atomic E-state index is 12.3. The number of benzene rings is 2. The lowest BCUT2D eigenvalue weighted by Crippen LogP contribution is -2.17. The van der Waals surface area contributed by atoms with Gasteiger partial charge in [-0.25, -0.2) is 10.4 Å². The maximum absolute atomic E-state index is 12.3. The minimum atomic E-state index is -0.307. The molecular weight excluding hydrogens is 388 g/mol. The van der Waals surface area contributed by atoms with Crippen LogP contribution in [0.5, 0.6) is 11.5 Å². The van der Waals surface area contributed by atoms with Crippen molar-refractivity contribution in [1.29, 1.82) is 0 Å². The van der Waals surface area contributed by atoms with Crippen molar-refractivity contribution in [2.45, 2.75) is 26.2 Å². The Morgan fingerprint density at radius 3 is 2.90 bits per heavy atom. The Bertz CT molecular complexity index is 1020. The van der Waals surface area contributed by atoms with Crippen molar-refractivity contribution < 1.29 is 14.3 Å². The first kappa shape index (κ1) is 20.6. The van der Waals surface area contributed by atoms with Gasteiger partial charge in [0.2, 0.25) is 0 Å². The predicted octanol–water partition coefficient (Wildman–Crippen LogP) is 4.22.